The van der Waals surface area contributed by atoms with Crippen LogP contribution in [0.3, 0.4) is 0 Å². The largest absolute Gasteiger partial charge is 0.459 e. The second kappa shape index (κ2) is 6.04. The molecule has 1 aliphatic heterocycles. The highest BCUT2D eigenvalue weighted by Crippen LogP contribution is 2.29. The van der Waals surface area contributed by atoms with Crippen molar-refractivity contribution in [2.24, 2.45) is 0 Å². The van der Waals surface area contributed by atoms with Crippen LogP contribution in [0, 0.1) is 11.6 Å². The molecular weight excluding hydrogens is 290 g/mol. The van der Waals surface area contributed by atoms with Crippen LogP contribution in [0.25, 0.3) is 5.57 Å². The van der Waals surface area contributed by atoms with E-state index in [9.17, 15) is 13.6 Å². The molecule has 0 fully saturated rings. The van der Waals surface area contributed by atoms with E-state index < -0.39 is 29.2 Å². The number of rotatable bonds is 2. The third kappa shape index (κ3) is 3.82. The van der Waals surface area contributed by atoms with Gasteiger partial charge in [0, 0.05) is 17.8 Å². The summed E-state index contributed by atoms with van der Waals surface area (Å²) in [6.45, 7) is 5.64. The first-order valence-electron chi connectivity index (χ1n) is 7.07. The minimum absolute atomic E-state index is 0.0250. The average Bonchev–Trinajstić information content (AvgIpc) is 2.35. The van der Waals surface area contributed by atoms with Crippen molar-refractivity contribution in [2.75, 3.05) is 12.3 Å². The van der Waals surface area contributed by atoms with Gasteiger partial charge in [0.2, 0.25) is 0 Å². The van der Waals surface area contributed by atoms with Gasteiger partial charge >= 0.3 is 5.97 Å². The Morgan fingerprint density at radius 1 is 1.32 bits per heavy atom. The normalized spacial score (nSPS) is 18.8. The van der Waals surface area contributed by atoms with Crippen molar-refractivity contribution in [1.29, 1.82) is 0 Å². The molecule has 0 aliphatic carbocycles. The molecule has 120 valence electrons. The Labute approximate surface area is 128 Å². The van der Waals surface area contributed by atoms with Gasteiger partial charge < -0.3 is 15.8 Å². The fraction of sp³-hybridized carbons (Fsp3) is 0.438. The third-order valence-electron chi connectivity index (χ3n) is 3.21. The zero-order valence-electron chi connectivity index (χ0n) is 12.9. The fourth-order valence-corrected chi connectivity index (χ4v) is 2.34. The van der Waals surface area contributed by atoms with Crippen molar-refractivity contribution in [3.05, 3.63) is 35.4 Å². The molecule has 1 aromatic carbocycles. The van der Waals surface area contributed by atoms with Crippen molar-refractivity contribution in [3.8, 4) is 0 Å². The van der Waals surface area contributed by atoms with E-state index in [-0.39, 0.29) is 17.7 Å². The zero-order chi connectivity index (χ0) is 16.5. The first-order chi connectivity index (χ1) is 10.2. The van der Waals surface area contributed by atoms with E-state index in [4.69, 9.17) is 10.5 Å². The van der Waals surface area contributed by atoms with Crippen LogP contribution in [0.4, 0.5) is 14.5 Å². The van der Waals surface area contributed by atoms with Crippen molar-refractivity contribution < 1.29 is 18.3 Å². The molecule has 22 heavy (non-hydrogen) atoms. The highest BCUT2D eigenvalue weighted by Gasteiger charge is 2.29. The highest BCUT2D eigenvalue weighted by atomic mass is 19.1. The van der Waals surface area contributed by atoms with Gasteiger partial charge in [-0.1, -0.05) is 6.08 Å². The van der Waals surface area contributed by atoms with Gasteiger partial charge in [-0.15, -0.1) is 0 Å². The van der Waals surface area contributed by atoms with E-state index >= 15 is 0 Å². The third-order valence-corrected chi connectivity index (χ3v) is 3.21. The minimum atomic E-state index is -0.728. The Bertz CT molecular complexity index is 598. The first kappa shape index (κ1) is 16.4. The predicted molar refractivity (Wildman–Crippen MR) is 81.0 cm³/mol. The van der Waals surface area contributed by atoms with Gasteiger partial charge in [0.15, 0.2) is 0 Å². The number of anilines is 1. The summed E-state index contributed by atoms with van der Waals surface area (Å²) in [5, 5.41) is 2.97. The lowest BCUT2D eigenvalue weighted by atomic mass is 9.94. The number of nitrogens with one attached hydrogen (secondary N) is 1. The molecule has 0 spiro atoms. The summed E-state index contributed by atoms with van der Waals surface area (Å²) < 4.78 is 33.3. The van der Waals surface area contributed by atoms with Crippen LogP contribution in [-0.4, -0.2) is 24.2 Å². The standard InChI is InChI=1S/C16H20F2N2O2/c1-16(2,3)22-15(21)13-6-9(4-5-20-13)14-11(17)7-10(19)8-12(14)18/h4,7-8,13,20H,5-6,19H2,1-3H3. The molecule has 1 unspecified atom stereocenters. The molecular formula is C16H20F2N2O2. The molecule has 1 atom stereocenters. The summed E-state index contributed by atoms with van der Waals surface area (Å²) in [5.74, 6) is -1.89. The van der Waals surface area contributed by atoms with Gasteiger partial charge in [-0.3, -0.25) is 4.79 Å². The summed E-state index contributed by atoms with van der Waals surface area (Å²) >= 11 is 0. The molecule has 0 amide bonds. The predicted octanol–water partition coefficient (Wildman–Crippen LogP) is 2.63. The molecule has 1 aromatic rings. The lowest BCUT2D eigenvalue weighted by Gasteiger charge is -2.27. The van der Waals surface area contributed by atoms with Crippen LogP contribution in [-0.2, 0) is 9.53 Å². The molecule has 1 heterocycles. The molecule has 1 aliphatic rings. The number of halogens is 2. The summed E-state index contributed by atoms with van der Waals surface area (Å²) in [5.41, 5.74) is 5.13. The van der Waals surface area contributed by atoms with Gasteiger partial charge in [0.25, 0.3) is 0 Å². The van der Waals surface area contributed by atoms with Gasteiger partial charge in [-0.2, -0.15) is 0 Å². The summed E-state index contributed by atoms with van der Waals surface area (Å²) in [6.07, 6.45) is 1.82. The SMILES string of the molecule is CC(C)(C)OC(=O)C1CC(c2c(F)cc(N)cc2F)=CCN1. The fourth-order valence-electron chi connectivity index (χ4n) is 2.34. The van der Waals surface area contributed by atoms with Crippen molar-refractivity contribution in [3.63, 3.8) is 0 Å². The number of nitrogen functional groups attached to an aromatic ring is 1. The van der Waals surface area contributed by atoms with Crippen LogP contribution in [0.15, 0.2) is 18.2 Å². The maximum Gasteiger partial charge on any atom is 0.324 e. The molecule has 0 saturated carbocycles. The highest BCUT2D eigenvalue weighted by molar-refractivity contribution is 5.81. The average molecular weight is 310 g/mol. The Balaban J connectivity index is 2.21. The number of carbonyl (C=O) groups is 1. The van der Waals surface area contributed by atoms with Crippen LogP contribution >= 0.6 is 0 Å². The van der Waals surface area contributed by atoms with E-state index in [1.165, 1.54) is 0 Å². The number of nitrogens with two attached hydrogens (primary N) is 1. The summed E-state index contributed by atoms with van der Waals surface area (Å²) in [4.78, 5) is 12.1. The van der Waals surface area contributed by atoms with Gasteiger partial charge in [0.05, 0.1) is 0 Å². The lowest BCUT2D eigenvalue weighted by molar-refractivity contribution is -0.157. The molecule has 2 rings (SSSR count). The van der Waals surface area contributed by atoms with E-state index in [1.54, 1.807) is 26.8 Å². The molecule has 0 aromatic heterocycles. The Morgan fingerprint density at radius 3 is 2.45 bits per heavy atom. The van der Waals surface area contributed by atoms with Crippen LogP contribution in [0.2, 0.25) is 0 Å². The molecule has 3 N–H and O–H groups in total. The van der Waals surface area contributed by atoms with E-state index in [0.717, 1.165) is 12.1 Å². The Kier molecular flexibility index (Phi) is 4.51. The second-order valence-corrected chi connectivity index (χ2v) is 6.29. The van der Waals surface area contributed by atoms with E-state index in [1.807, 2.05) is 0 Å². The topological polar surface area (TPSA) is 64.3 Å². The zero-order valence-corrected chi connectivity index (χ0v) is 12.9. The van der Waals surface area contributed by atoms with Crippen LogP contribution in [0.1, 0.15) is 32.8 Å². The maximum absolute atomic E-state index is 14.0. The lowest BCUT2D eigenvalue weighted by Crippen LogP contribution is -2.43. The Hall–Kier alpha value is -1.95. The number of hydrogen-bond acceptors (Lipinski definition) is 4. The molecule has 0 radical (unpaired) electrons. The smallest absolute Gasteiger partial charge is 0.324 e. The van der Waals surface area contributed by atoms with Crippen molar-refractivity contribution in [2.45, 2.75) is 38.8 Å². The van der Waals surface area contributed by atoms with Crippen LogP contribution in [0.5, 0.6) is 0 Å². The molecule has 0 bridgehead atoms. The van der Waals surface area contributed by atoms with E-state index in [2.05, 4.69) is 5.32 Å². The molecule has 4 nitrogen and oxygen atoms in total. The monoisotopic (exact) mass is 310 g/mol. The van der Waals surface area contributed by atoms with Crippen molar-refractivity contribution in [1.82, 2.24) is 5.32 Å². The van der Waals surface area contributed by atoms with Gasteiger partial charge in [-0.25, -0.2) is 8.78 Å². The minimum Gasteiger partial charge on any atom is -0.459 e. The number of benzene rings is 1. The first-order valence-corrected chi connectivity index (χ1v) is 7.07. The van der Waals surface area contributed by atoms with Crippen molar-refractivity contribution >= 4 is 17.2 Å². The number of hydrogen-bond donors (Lipinski definition) is 2. The van der Waals surface area contributed by atoms with Crippen LogP contribution < -0.4 is 11.1 Å². The Morgan fingerprint density at radius 2 is 1.91 bits per heavy atom. The maximum atomic E-state index is 14.0. The number of esters is 1. The number of ether oxygens (including phenoxy) is 1. The second-order valence-electron chi connectivity index (χ2n) is 6.29. The summed E-state index contributed by atoms with van der Waals surface area (Å²) in [6, 6.07) is 1.52. The molecule has 6 heteroatoms. The van der Waals surface area contributed by atoms with E-state index in [0.29, 0.717) is 12.1 Å². The summed E-state index contributed by atoms with van der Waals surface area (Å²) in [7, 11) is 0. The number of carbonyl (C=O) groups excluding carboxylic acids is 1. The quantitative estimate of drug-likeness (QED) is 0.651. The van der Waals surface area contributed by atoms with Gasteiger partial charge in [0.1, 0.15) is 23.3 Å². The molecule has 0 saturated heterocycles. The van der Waals surface area contributed by atoms with Gasteiger partial charge in [-0.05, 0) is 44.9 Å².